The number of carbonyl (C=O) groups excluding carboxylic acids is 1. The van der Waals surface area contributed by atoms with Crippen LogP contribution in [-0.2, 0) is 0 Å². The summed E-state index contributed by atoms with van der Waals surface area (Å²) in [5, 5.41) is 1.55. The van der Waals surface area contributed by atoms with Gasteiger partial charge in [0.2, 0.25) is 0 Å². The van der Waals surface area contributed by atoms with Crippen LogP contribution in [0.25, 0.3) is 10.9 Å². The number of hydrogen-bond acceptors (Lipinski definition) is 3. The molecule has 0 amide bonds. The molecule has 0 spiro atoms. The highest BCUT2D eigenvalue weighted by Gasteiger charge is 2.12. The van der Waals surface area contributed by atoms with E-state index < -0.39 is 0 Å². The van der Waals surface area contributed by atoms with Crippen LogP contribution in [0.15, 0.2) is 36.5 Å². The number of carbonyl (C=O) groups is 1. The standard InChI is InChI=1S/C15H17NOS/c1-3-11(2)18-10-14(17)13-8-4-6-12-7-5-9-16-15(12)13/h4-9,11H,3,10H2,1-2H3. The van der Waals surface area contributed by atoms with Gasteiger partial charge in [-0.15, -0.1) is 0 Å². The van der Waals surface area contributed by atoms with E-state index in [9.17, 15) is 4.79 Å². The van der Waals surface area contributed by atoms with Crippen molar-refractivity contribution in [3.63, 3.8) is 0 Å². The van der Waals surface area contributed by atoms with Crippen molar-refractivity contribution in [1.82, 2.24) is 4.98 Å². The van der Waals surface area contributed by atoms with Crippen LogP contribution in [0.2, 0.25) is 0 Å². The molecule has 0 saturated carbocycles. The molecule has 0 radical (unpaired) electrons. The lowest BCUT2D eigenvalue weighted by Crippen LogP contribution is -2.07. The Labute approximate surface area is 112 Å². The normalized spacial score (nSPS) is 12.6. The number of benzene rings is 1. The van der Waals surface area contributed by atoms with Crippen molar-refractivity contribution < 1.29 is 4.79 Å². The van der Waals surface area contributed by atoms with Crippen LogP contribution < -0.4 is 0 Å². The van der Waals surface area contributed by atoms with Gasteiger partial charge in [0.25, 0.3) is 0 Å². The fraction of sp³-hybridized carbons (Fsp3) is 0.333. The van der Waals surface area contributed by atoms with E-state index in [1.807, 2.05) is 30.3 Å². The molecule has 1 aromatic heterocycles. The lowest BCUT2D eigenvalue weighted by Gasteiger charge is -2.08. The molecule has 18 heavy (non-hydrogen) atoms. The van der Waals surface area contributed by atoms with Gasteiger partial charge in [0, 0.05) is 22.4 Å². The predicted octanol–water partition coefficient (Wildman–Crippen LogP) is 3.95. The number of thioether (sulfide) groups is 1. The summed E-state index contributed by atoms with van der Waals surface area (Å²) in [6.07, 6.45) is 2.83. The van der Waals surface area contributed by atoms with Gasteiger partial charge in [0.15, 0.2) is 5.78 Å². The quantitative estimate of drug-likeness (QED) is 0.762. The van der Waals surface area contributed by atoms with Crippen molar-refractivity contribution in [2.75, 3.05) is 5.75 Å². The molecule has 0 aliphatic rings. The fourth-order valence-corrected chi connectivity index (χ4v) is 2.57. The van der Waals surface area contributed by atoms with E-state index >= 15 is 0 Å². The highest BCUT2D eigenvalue weighted by Crippen LogP contribution is 2.20. The third-order valence-electron chi connectivity index (χ3n) is 3.01. The van der Waals surface area contributed by atoms with E-state index in [0.29, 0.717) is 11.0 Å². The van der Waals surface area contributed by atoms with Gasteiger partial charge >= 0.3 is 0 Å². The van der Waals surface area contributed by atoms with E-state index in [-0.39, 0.29) is 5.78 Å². The number of rotatable bonds is 5. The zero-order valence-corrected chi connectivity index (χ0v) is 11.5. The van der Waals surface area contributed by atoms with Crippen LogP contribution in [0.5, 0.6) is 0 Å². The lowest BCUT2D eigenvalue weighted by atomic mass is 10.1. The van der Waals surface area contributed by atoms with E-state index in [2.05, 4.69) is 18.8 Å². The average Bonchev–Trinajstić information content (AvgIpc) is 2.43. The first-order chi connectivity index (χ1) is 8.72. The van der Waals surface area contributed by atoms with Gasteiger partial charge in [0.1, 0.15) is 0 Å². The fourth-order valence-electron chi connectivity index (χ4n) is 1.74. The summed E-state index contributed by atoms with van der Waals surface area (Å²) in [4.78, 5) is 16.5. The molecule has 0 saturated heterocycles. The van der Waals surface area contributed by atoms with Crippen molar-refractivity contribution in [1.29, 1.82) is 0 Å². The Morgan fingerprint density at radius 3 is 2.89 bits per heavy atom. The Hall–Kier alpha value is -1.35. The van der Waals surface area contributed by atoms with Crippen molar-refractivity contribution in [3.05, 3.63) is 42.1 Å². The first-order valence-corrected chi connectivity index (χ1v) is 7.25. The molecular weight excluding hydrogens is 242 g/mol. The molecule has 0 aliphatic carbocycles. The molecular formula is C15H17NOS. The van der Waals surface area contributed by atoms with Crippen molar-refractivity contribution in [3.8, 4) is 0 Å². The van der Waals surface area contributed by atoms with E-state index in [0.717, 1.165) is 22.9 Å². The van der Waals surface area contributed by atoms with Crippen LogP contribution in [0.1, 0.15) is 30.6 Å². The molecule has 3 heteroatoms. The van der Waals surface area contributed by atoms with Crippen molar-refractivity contribution >= 4 is 28.4 Å². The molecule has 2 rings (SSSR count). The summed E-state index contributed by atoms with van der Waals surface area (Å²) in [7, 11) is 0. The second-order valence-electron chi connectivity index (χ2n) is 4.33. The van der Waals surface area contributed by atoms with Crippen molar-refractivity contribution in [2.45, 2.75) is 25.5 Å². The van der Waals surface area contributed by atoms with Gasteiger partial charge in [-0.25, -0.2) is 0 Å². The molecule has 1 atom stereocenters. The monoisotopic (exact) mass is 259 g/mol. The molecule has 0 N–H and O–H groups in total. The third kappa shape index (κ3) is 2.91. The Bertz CT molecular complexity index is 548. The number of pyridine rings is 1. The Morgan fingerprint density at radius 2 is 2.11 bits per heavy atom. The number of fused-ring (bicyclic) bond motifs is 1. The second kappa shape index (κ2) is 6.01. The molecule has 2 nitrogen and oxygen atoms in total. The molecule has 1 aromatic carbocycles. The van der Waals surface area contributed by atoms with Gasteiger partial charge in [0.05, 0.1) is 11.3 Å². The molecule has 2 aromatic rings. The number of Topliss-reactive ketones (excluding diaryl/α,β-unsaturated/α-hetero) is 1. The zero-order chi connectivity index (χ0) is 13.0. The lowest BCUT2D eigenvalue weighted by molar-refractivity contribution is 0.102. The average molecular weight is 259 g/mol. The van der Waals surface area contributed by atoms with Crippen LogP contribution in [0.4, 0.5) is 0 Å². The smallest absolute Gasteiger partial charge is 0.174 e. The number of aromatic nitrogens is 1. The second-order valence-corrected chi connectivity index (χ2v) is 5.76. The minimum atomic E-state index is 0.171. The maximum Gasteiger partial charge on any atom is 0.174 e. The first kappa shape index (κ1) is 13.1. The summed E-state index contributed by atoms with van der Waals surface area (Å²) in [6.45, 7) is 4.29. The van der Waals surface area contributed by atoms with Gasteiger partial charge in [-0.3, -0.25) is 9.78 Å². The zero-order valence-electron chi connectivity index (χ0n) is 10.7. The highest BCUT2D eigenvalue weighted by molar-refractivity contribution is 8.00. The van der Waals surface area contributed by atoms with Crippen LogP contribution in [0.3, 0.4) is 0 Å². The summed E-state index contributed by atoms with van der Waals surface area (Å²) < 4.78 is 0. The summed E-state index contributed by atoms with van der Waals surface area (Å²) in [5.41, 5.74) is 1.55. The maximum atomic E-state index is 12.2. The van der Waals surface area contributed by atoms with Gasteiger partial charge in [-0.05, 0) is 18.6 Å². The Kier molecular flexibility index (Phi) is 4.37. The summed E-state index contributed by atoms with van der Waals surface area (Å²) in [6, 6.07) is 9.66. The summed E-state index contributed by atoms with van der Waals surface area (Å²) in [5.74, 6) is 0.703. The predicted molar refractivity (Wildman–Crippen MR) is 78.3 cm³/mol. The van der Waals surface area contributed by atoms with Gasteiger partial charge < -0.3 is 0 Å². The van der Waals surface area contributed by atoms with E-state index in [1.165, 1.54) is 0 Å². The molecule has 1 unspecified atom stereocenters. The Morgan fingerprint density at radius 1 is 1.33 bits per heavy atom. The maximum absolute atomic E-state index is 12.2. The van der Waals surface area contributed by atoms with Gasteiger partial charge in [-0.1, -0.05) is 32.0 Å². The number of nitrogens with zero attached hydrogens (tertiary/aromatic N) is 1. The van der Waals surface area contributed by atoms with Gasteiger partial charge in [-0.2, -0.15) is 11.8 Å². The Balaban J connectivity index is 2.22. The molecule has 0 bridgehead atoms. The molecule has 0 fully saturated rings. The largest absolute Gasteiger partial charge is 0.293 e. The van der Waals surface area contributed by atoms with Crippen molar-refractivity contribution in [2.24, 2.45) is 0 Å². The van der Waals surface area contributed by atoms with E-state index in [1.54, 1.807) is 18.0 Å². The topological polar surface area (TPSA) is 30.0 Å². The third-order valence-corrected chi connectivity index (χ3v) is 4.34. The van der Waals surface area contributed by atoms with Crippen LogP contribution in [0, 0.1) is 0 Å². The number of ketones is 1. The number of para-hydroxylation sites is 1. The minimum Gasteiger partial charge on any atom is -0.293 e. The minimum absolute atomic E-state index is 0.171. The molecule has 94 valence electrons. The molecule has 0 aliphatic heterocycles. The summed E-state index contributed by atoms with van der Waals surface area (Å²) >= 11 is 1.71. The number of hydrogen-bond donors (Lipinski definition) is 0. The van der Waals surface area contributed by atoms with Crippen LogP contribution >= 0.6 is 11.8 Å². The van der Waals surface area contributed by atoms with E-state index in [4.69, 9.17) is 0 Å². The molecule has 1 heterocycles. The SMILES string of the molecule is CCC(C)SCC(=O)c1cccc2cccnc12. The highest BCUT2D eigenvalue weighted by atomic mass is 32.2. The first-order valence-electron chi connectivity index (χ1n) is 6.21. The van der Waals surface area contributed by atoms with Crippen LogP contribution in [-0.4, -0.2) is 21.8 Å².